The van der Waals surface area contributed by atoms with E-state index in [4.69, 9.17) is 150 Å². The van der Waals surface area contributed by atoms with E-state index < -0.39 is 31.6 Å². The molecule has 0 saturated carbocycles. The molecule has 8 aliphatic heterocycles. The molecule has 8 fully saturated rings. The van der Waals surface area contributed by atoms with E-state index >= 15 is 0 Å². The van der Waals surface area contributed by atoms with Gasteiger partial charge in [-0.05, 0) is 149 Å². The van der Waals surface area contributed by atoms with Gasteiger partial charge in [-0.1, -0.05) is 0 Å². The number of hydrogen-bond donors (Lipinski definition) is 8. The summed E-state index contributed by atoms with van der Waals surface area (Å²) in [5.74, 6) is 0. The Morgan fingerprint density at radius 1 is 0.262 bits per heavy atom. The molecule has 0 radical (unpaired) electrons. The summed E-state index contributed by atoms with van der Waals surface area (Å²) in [6.07, 6.45) is 0. The molecule has 0 aromatic heterocycles. The Bertz CT molecular complexity index is 1460. The number of hydrogen-bond acceptors (Lipinski definition) is 20. The Morgan fingerprint density at radius 3 is 0.333 bits per heavy atom. The molecule has 8 heterocycles. The van der Waals surface area contributed by atoms with Crippen LogP contribution in [0.25, 0.3) is 0 Å². The standard InChI is InChI=1S/8C5H11ClN2.4FH2O3P/c8*1-7-3-4-8(2)5(7)6;4*1-5(2,3)4/h8*5H,3-4H2,1-2H3;4*(H2,2,3,4). The third-order valence-electron chi connectivity index (χ3n) is 13.2. The van der Waals surface area contributed by atoms with Gasteiger partial charge in [-0.15, -0.1) is 0 Å². The quantitative estimate of drug-likeness (QED) is 0.0483. The summed E-state index contributed by atoms with van der Waals surface area (Å²) in [6.45, 7) is 18.4. The summed E-state index contributed by atoms with van der Waals surface area (Å²) >= 11 is 47.2. The lowest BCUT2D eigenvalue weighted by Gasteiger charge is -2.15. The molecule has 8 rings (SSSR count). The summed E-state index contributed by atoms with van der Waals surface area (Å²) in [5.41, 5.74) is 1.63. The Kier molecular flexibility index (Phi) is 50.8. The van der Waals surface area contributed by atoms with Crippen LogP contribution in [0.15, 0.2) is 0 Å². The van der Waals surface area contributed by atoms with E-state index in [0.29, 0.717) is 0 Å². The van der Waals surface area contributed by atoms with Gasteiger partial charge < -0.3 is 96.6 Å². The molecule has 44 heteroatoms. The molecule has 0 aliphatic carbocycles. The predicted molar refractivity (Wildman–Crippen MR) is 307 cm³/mol. The molecular weight excluding hydrogens is 1380 g/mol. The molecular formula is C40H96Cl8F4N16O12P4. The number of halogens is 12. The molecule has 0 aromatic carbocycles. The minimum atomic E-state index is -5.64. The van der Waals surface area contributed by atoms with Crippen LogP contribution in [0.1, 0.15) is 0 Å². The maximum Gasteiger partial charge on any atom is 0.221 e. The molecule has 28 nitrogen and oxygen atoms in total. The number of rotatable bonds is 0. The van der Waals surface area contributed by atoms with E-state index in [1.54, 1.807) is 0 Å². The van der Waals surface area contributed by atoms with Crippen LogP contribution >= 0.6 is 124 Å². The first kappa shape index (κ1) is 92.4. The van der Waals surface area contributed by atoms with Gasteiger partial charge in [0.1, 0.15) is 31.6 Å². The Labute approximate surface area is 536 Å². The highest BCUT2D eigenvalue weighted by molar-refractivity contribution is 7.43. The van der Waals surface area contributed by atoms with E-state index in [9.17, 15) is 16.8 Å². The van der Waals surface area contributed by atoms with Crippen molar-refractivity contribution in [2.24, 2.45) is 0 Å². The first-order chi connectivity index (χ1) is 37.7. The van der Waals surface area contributed by atoms with Gasteiger partial charge in [-0.2, -0.15) is 0 Å². The van der Waals surface area contributed by atoms with Gasteiger partial charge >= 0.3 is 0 Å². The highest BCUT2D eigenvalue weighted by Crippen LogP contribution is 2.23. The highest BCUT2D eigenvalue weighted by atomic mass is 35.5. The summed E-state index contributed by atoms with van der Waals surface area (Å²) in [6, 6.07) is 0. The molecule has 512 valence electrons. The maximum absolute atomic E-state index is 10.1. The Morgan fingerprint density at radius 2 is 0.321 bits per heavy atom. The molecule has 8 N–H and O–H groups in total. The molecule has 16 unspecified atom stereocenters. The van der Waals surface area contributed by atoms with Crippen molar-refractivity contribution >= 4 is 124 Å². The fourth-order valence-electron chi connectivity index (χ4n) is 7.69. The van der Waals surface area contributed by atoms with Gasteiger partial charge in [0.05, 0.1) is 161 Å². The van der Waals surface area contributed by atoms with Crippen LogP contribution in [0.5, 0.6) is 0 Å². The van der Waals surface area contributed by atoms with E-state index in [1.807, 2.05) is 56.4 Å². The van der Waals surface area contributed by atoms with Crippen LogP contribution in [0.3, 0.4) is 0 Å². The van der Waals surface area contributed by atoms with E-state index in [-0.39, 0.29) is 45.0 Å². The van der Waals surface area contributed by atoms with Gasteiger partial charge in [-0.3, -0.25) is 0 Å². The fourth-order valence-corrected chi connectivity index (χ4v) is 9.34. The molecule has 8 saturated heterocycles. The molecule has 0 bridgehead atoms. The van der Waals surface area contributed by atoms with Gasteiger partial charge in [0.2, 0.25) is 45.0 Å². The van der Waals surface area contributed by atoms with Crippen molar-refractivity contribution in [2.75, 3.05) is 217 Å². The Hall–Kier alpha value is 2.00. The SMILES string of the molecule is CN1CC[NH+](C)C1Cl.CN1CC[NH+](C)C1Cl.CN1CC[NH+](C)C1Cl.CN1CC[NH+](C)C1Cl.CN1CC[NH+](C)C1Cl.CN1CC[NH+](C)C1Cl.CN1CC[NH+](C)C1Cl.CN1CC[NH+](C)C1Cl.O=P([O-])([O-])F.O=P([O-])([O-])F.O=P([O-])([O-])F.O=P([O-])([O-])F. The summed E-state index contributed by atoms with van der Waals surface area (Å²) < 4.78 is 74.3. The second kappa shape index (κ2) is 46.1. The number of nitrogens with one attached hydrogen (secondary N) is 8. The topological polar surface area (TPSA) is 314 Å². The van der Waals surface area contributed by atoms with Crippen molar-refractivity contribution in [2.45, 2.75) is 45.0 Å². The zero-order chi connectivity index (χ0) is 67.2. The van der Waals surface area contributed by atoms with Crippen molar-refractivity contribution in [3.63, 3.8) is 0 Å². The Balaban J connectivity index is -0.000000418. The fraction of sp³-hybridized carbons (Fsp3) is 1.00. The first-order valence-electron chi connectivity index (χ1n) is 25.9. The van der Waals surface area contributed by atoms with Crippen molar-refractivity contribution in [3.05, 3.63) is 0 Å². The zero-order valence-corrected chi connectivity index (χ0v) is 60.4. The number of quaternary nitrogens is 8. The first-order valence-corrected chi connectivity index (χ1v) is 35.1. The lowest BCUT2D eigenvalue weighted by atomic mass is 10.6. The minimum Gasteiger partial charge on any atom is -0.786 e. The second-order valence-electron chi connectivity index (χ2n) is 21.0. The van der Waals surface area contributed by atoms with E-state index in [1.165, 1.54) is 91.6 Å². The molecule has 8 aliphatic rings. The second-order valence-corrected chi connectivity index (χ2v) is 27.8. The summed E-state index contributed by atoms with van der Waals surface area (Å²) in [4.78, 5) is 95.9. The highest BCUT2D eigenvalue weighted by Gasteiger charge is 2.32. The predicted octanol–water partition coefficient (Wildman–Crippen LogP) is -13.1. The summed E-state index contributed by atoms with van der Waals surface area (Å²) in [5, 5.41) is 0. The van der Waals surface area contributed by atoms with Crippen LogP contribution in [-0.4, -0.2) is 302 Å². The van der Waals surface area contributed by atoms with Crippen LogP contribution in [0.4, 0.5) is 16.8 Å². The van der Waals surface area contributed by atoms with Gasteiger partial charge in [0.25, 0.3) is 0 Å². The third kappa shape index (κ3) is 51.5. The van der Waals surface area contributed by atoms with Crippen LogP contribution < -0.4 is 78.3 Å². The minimum absolute atomic E-state index is 0.204. The van der Waals surface area contributed by atoms with Crippen molar-refractivity contribution in [3.8, 4) is 0 Å². The van der Waals surface area contributed by atoms with Crippen LogP contribution in [0, 0.1) is 0 Å². The van der Waals surface area contributed by atoms with Crippen LogP contribution in [0.2, 0.25) is 0 Å². The average molecular weight is 1480 g/mol. The van der Waals surface area contributed by atoms with E-state index in [0.717, 1.165) is 52.4 Å². The maximum atomic E-state index is 10.1. The zero-order valence-electron chi connectivity index (χ0n) is 50.7. The largest absolute Gasteiger partial charge is 0.786 e. The van der Waals surface area contributed by atoms with Crippen LogP contribution in [-0.2, 0) is 18.3 Å². The normalized spacial score (nSPS) is 34.0. The number of nitrogens with zero attached hydrogens (tertiary/aromatic N) is 8. The van der Waals surface area contributed by atoms with Gasteiger partial charge in [0.15, 0.2) is 0 Å². The molecule has 0 spiro atoms. The number of likely N-dealkylation sites (N-methyl/N-ethyl adjacent to an activating group) is 16. The van der Waals surface area contributed by atoms with Crippen molar-refractivity contribution < 1.29 is 113 Å². The molecule has 16 atom stereocenters. The lowest BCUT2D eigenvalue weighted by Crippen LogP contribution is -3.10. The van der Waals surface area contributed by atoms with Crippen molar-refractivity contribution in [1.82, 2.24) is 39.2 Å². The monoisotopic (exact) mass is 1470 g/mol. The van der Waals surface area contributed by atoms with Gasteiger partial charge in [-0.25, -0.2) is 56.0 Å². The van der Waals surface area contributed by atoms with E-state index in [2.05, 4.69) is 95.6 Å². The third-order valence-corrected chi connectivity index (χ3v) is 18.9. The lowest BCUT2D eigenvalue weighted by molar-refractivity contribution is -0.883. The average Bonchev–Trinajstić information content (AvgIpc) is 4.24. The molecule has 0 aromatic rings. The van der Waals surface area contributed by atoms with Gasteiger partial charge in [0, 0.05) is 0 Å². The number of alkyl halides is 8. The summed E-state index contributed by atoms with van der Waals surface area (Å²) in [7, 11) is 10.7. The van der Waals surface area contributed by atoms with Crippen molar-refractivity contribution in [1.29, 1.82) is 0 Å². The smallest absolute Gasteiger partial charge is 0.221 e. The molecule has 0 amide bonds. The molecule has 84 heavy (non-hydrogen) atoms.